The fraction of sp³-hybridized carbons (Fsp3) is 0.0588. The van der Waals surface area contributed by atoms with E-state index in [2.05, 4.69) is 15.3 Å². The van der Waals surface area contributed by atoms with Crippen LogP contribution in [-0.2, 0) is 0 Å². The van der Waals surface area contributed by atoms with Crippen molar-refractivity contribution in [3.8, 4) is 0 Å². The minimum absolute atomic E-state index is 0.480. The quantitative estimate of drug-likeness (QED) is 0.751. The number of nitrogens with two attached hydrogens (primary N) is 1. The Bertz CT molecular complexity index is 790. The first-order valence-electron chi connectivity index (χ1n) is 7.07. The van der Waals surface area contributed by atoms with E-state index in [1.807, 2.05) is 54.4 Å². The van der Waals surface area contributed by atoms with Crippen LogP contribution in [0.4, 0.5) is 28.7 Å². The van der Waals surface area contributed by atoms with Gasteiger partial charge in [-0.1, -0.05) is 29.8 Å². The third-order valence-electron chi connectivity index (χ3n) is 3.43. The van der Waals surface area contributed by atoms with Crippen LogP contribution in [0.25, 0.3) is 0 Å². The summed E-state index contributed by atoms with van der Waals surface area (Å²) in [7, 11) is 1.92. The summed E-state index contributed by atoms with van der Waals surface area (Å²) in [5, 5.41) is 3.86. The van der Waals surface area contributed by atoms with Gasteiger partial charge in [-0.25, -0.2) is 9.97 Å². The summed E-state index contributed by atoms with van der Waals surface area (Å²) in [6.45, 7) is 0. The molecular weight excluding hydrogens is 310 g/mol. The Morgan fingerprint density at radius 3 is 2.39 bits per heavy atom. The zero-order valence-electron chi connectivity index (χ0n) is 12.6. The molecule has 0 fully saturated rings. The number of para-hydroxylation sites is 1. The van der Waals surface area contributed by atoms with Crippen LogP contribution in [-0.4, -0.2) is 17.0 Å². The standard InChI is InChI=1S/C17H16ClN5/c1-23(14-5-3-2-4-6-14)17-15(19)16(20-11-21-17)22-13-9-7-12(18)8-10-13/h2-11H,19H2,1H3,(H,20,21,22). The average Bonchev–Trinajstić information content (AvgIpc) is 2.59. The van der Waals surface area contributed by atoms with Crippen molar-refractivity contribution in [2.75, 3.05) is 23.0 Å². The minimum atomic E-state index is 0.480. The Morgan fingerprint density at radius 2 is 1.70 bits per heavy atom. The average molecular weight is 326 g/mol. The van der Waals surface area contributed by atoms with Crippen molar-refractivity contribution in [3.05, 3.63) is 65.9 Å². The molecule has 6 heteroatoms. The second-order valence-corrected chi connectivity index (χ2v) is 5.42. The Hall–Kier alpha value is -2.79. The van der Waals surface area contributed by atoms with Crippen molar-refractivity contribution in [1.82, 2.24) is 9.97 Å². The Balaban J connectivity index is 1.90. The molecule has 3 N–H and O–H groups in total. The zero-order chi connectivity index (χ0) is 16.2. The number of hydrogen-bond donors (Lipinski definition) is 2. The van der Waals surface area contributed by atoms with Gasteiger partial charge in [0.1, 0.15) is 12.0 Å². The predicted molar refractivity (Wildman–Crippen MR) is 95.7 cm³/mol. The SMILES string of the molecule is CN(c1ccccc1)c1ncnc(Nc2ccc(Cl)cc2)c1N. The fourth-order valence-electron chi connectivity index (χ4n) is 2.20. The summed E-state index contributed by atoms with van der Waals surface area (Å²) in [5.74, 6) is 1.20. The van der Waals surface area contributed by atoms with Crippen molar-refractivity contribution in [2.45, 2.75) is 0 Å². The number of rotatable bonds is 4. The van der Waals surface area contributed by atoms with Gasteiger partial charge in [-0.3, -0.25) is 0 Å². The van der Waals surface area contributed by atoms with E-state index in [-0.39, 0.29) is 0 Å². The third-order valence-corrected chi connectivity index (χ3v) is 3.68. The number of aromatic nitrogens is 2. The van der Waals surface area contributed by atoms with E-state index in [0.717, 1.165) is 11.4 Å². The first-order chi connectivity index (χ1) is 11.1. The van der Waals surface area contributed by atoms with Crippen LogP contribution in [0, 0.1) is 0 Å². The van der Waals surface area contributed by atoms with E-state index < -0.39 is 0 Å². The fourth-order valence-corrected chi connectivity index (χ4v) is 2.32. The maximum Gasteiger partial charge on any atom is 0.161 e. The number of nitrogens with one attached hydrogen (secondary N) is 1. The Kier molecular flexibility index (Phi) is 4.30. The van der Waals surface area contributed by atoms with Gasteiger partial charge in [-0.05, 0) is 36.4 Å². The topological polar surface area (TPSA) is 67.1 Å². The highest BCUT2D eigenvalue weighted by atomic mass is 35.5. The molecule has 3 rings (SSSR count). The van der Waals surface area contributed by atoms with Crippen molar-refractivity contribution in [3.63, 3.8) is 0 Å². The zero-order valence-corrected chi connectivity index (χ0v) is 13.3. The van der Waals surface area contributed by atoms with Crippen LogP contribution >= 0.6 is 11.6 Å². The maximum atomic E-state index is 6.24. The predicted octanol–water partition coefficient (Wildman–Crippen LogP) is 4.22. The summed E-state index contributed by atoms with van der Waals surface area (Å²) in [5.41, 5.74) is 8.57. The molecule has 0 aliphatic carbocycles. The van der Waals surface area contributed by atoms with E-state index in [9.17, 15) is 0 Å². The van der Waals surface area contributed by atoms with Crippen LogP contribution in [0.2, 0.25) is 5.02 Å². The lowest BCUT2D eigenvalue weighted by Crippen LogP contribution is -2.15. The molecule has 0 saturated heterocycles. The molecule has 1 aromatic heterocycles. The molecule has 0 aliphatic heterocycles. The van der Waals surface area contributed by atoms with Gasteiger partial charge >= 0.3 is 0 Å². The minimum Gasteiger partial charge on any atom is -0.393 e. The summed E-state index contributed by atoms with van der Waals surface area (Å²) < 4.78 is 0. The molecule has 0 bridgehead atoms. The van der Waals surface area contributed by atoms with E-state index in [1.165, 1.54) is 6.33 Å². The number of nitrogen functional groups attached to an aromatic ring is 1. The third kappa shape index (κ3) is 3.35. The van der Waals surface area contributed by atoms with Crippen molar-refractivity contribution >= 4 is 40.3 Å². The molecule has 5 nitrogen and oxygen atoms in total. The number of hydrogen-bond acceptors (Lipinski definition) is 5. The molecule has 1 heterocycles. The van der Waals surface area contributed by atoms with E-state index in [1.54, 1.807) is 12.1 Å². The summed E-state index contributed by atoms with van der Waals surface area (Å²) >= 11 is 5.90. The lowest BCUT2D eigenvalue weighted by atomic mass is 10.3. The molecule has 116 valence electrons. The van der Waals surface area contributed by atoms with Gasteiger partial charge in [0.2, 0.25) is 0 Å². The molecular formula is C17H16ClN5. The first-order valence-corrected chi connectivity index (χ1v) is 7.45. The van der Waals surface area contributed by atoms with Gasteiger partial charge in [-0.2, -0.15) is 0 Å². The Labute approximate surface area is 139 Å². The lowest BCUT2D eigenvalue weighted by molar-refractivity contribution is 1.09. The first kappa shape index (κ1) is 15.1. The normalized spacial score (nSPS) is 10.3. The van der Waals surface area contributed by atoms with Gasteiger partial charge in [0.25, 0.3) is 0 Å². The smallest absolute Gasteiger partial charge is 0.161 e. The van der Waals surface area contributed by atoms with Crippen LogP contribution in [0.15, 0.2) is 60.9 Å². The number of nitrogens with zero attached hydrogens (tertiary/aromatic N) is 3. The van der Waals surface area contributed by atoms with Crippen LogP contribution in [0.5, 0.6) is 0 Å². The second-order valence-electron chi connectivity index (χ2n) is 4.99. The highest BCUT2D eigenvalue weighted by molar-refractivity contribution is 6.30. The van der Waals surface area contributed by atoms with Gasteiger partial charge in [0.05, 0.1) is 0 Å². The number of benzene rings is 2. The van der Waals surface area contributed by atoms with Crippen LogP contribution < -0.4 is 16.0 Å². The van der Waals surface area contributed by atoms with Gasteiger partial charge in [-0.15, -0.1) is 0 Å². The van der Waals surface area contributed by atoms with Gasteiger partial charge in [0.15, 0.2) is 11.6 Å². The van der Waals surface area contributed by atoms with Crippen LogP contribution in [0.1, 0.15) is 0 Å². The molecule has 0 aliphatic rings. The second kappa shape index (κ2) is 6.54. The van der Waals surface area contributed by atoms with Crippen molar-refractivity contribution in [2.24, 2.45) is 0 Å². The highest BCUT2D eigenvalue weighted by Crippen LogP contribution is 2.31. The summed E-state index contributed by atoms with van der Waals surface area (Å²) in [4.78, 5) is 10.4. The van der Waals surface area contributed by atoms with Gasteiger partial charge < -0.3 is 16.0 Å². The van der Waals surface area contributed by atoms with E-state index >= 15 is 0 Å². The summed E-state index contributed by atoms with van der Waals surface area (Å²) in [6, 6.07) is 17.2. The van der Waals surface area contributed by atoms with Crippen LogP contribution in [0.3, 0.4) is 0 Å². The molecule has 0 radical (unpaired) electrons. The highest BCUT2D eigenvalue weighted by Gasteiger charge is 2.13. The Morgan fingerprint density at radius 1 is 1.00 bits per heavy atom. The maximum absolute atomic E-state index is 6.24. The molecule has 0 saturated carbocycles. The molecule has 2 aromatic carbocycles. The summed E-state index contributed by atoms with van der Waals surface area (Å²) in [6.07, 6.45) is 1.49. The van der Waals surface area contributed by atoms with Crippen molar-refractivity contribution in [1.29, 1.82) is 0 Å². The molecule has 0 atom stereocenters. The molecule has 0 amide bonds. The van der Waals surface area contributed by atoms with Gasteiger partial charge in [0, 0.05) is 23.4 Å². The van der Waals surface area contributed by atoms with E-state index in [0.29, 0.717) is 22.3 Å². The molecule has 3 aromatic rings. The molecule has 0 spiro atoms. The lowest BCUT2D eigenvalue weighted by Gasteiger charge is -2.21. The molecule has 23 heavy (non-hydrogen) atoms. The van der Waals surface area contributed by atoms with Crippen molar-refractivity contribution < 1.29 is 0 Å². The molecule has 0 unspecified atom stereocenters. The largest absolute Gasteiger partial charge is 0.393 e. The van der Waals surface area contributed by atoms with E-state index in [4.69, 9.17) is 17.3 Å². The number of halogens is 1. The number of anilines is 5. The monoisotopic (exact) mass is 325 g/mol.